The molecule has 0 aliphatic rings. The molecule has 0 spiro atoms. The van der Waals surface area contributed by atoms with Gasteiger partial charge in [-0.15, -0.1) is 0 Å². The summed E-state index contributed by atoms with van der Waals surface area (Å²) in [5.41, 5.74) is 5.41. The number of thioether (sulfide) groups is 1. The Bertz CT molecular complexity index is 188. The van der Waals surface area contributed by atoms with E-state index in [0.29, 0.717) is 5.84 Å². The maximum Gasteiger partial charge on any atom is 0.0963 e. The highest BCUT2D eigenvalue weighted by molar-refractivity contribution is 7.99. The summed E-state index contributed by atoms with van der Waals surface area (Å²) in [4.78, 5) is 0. The largest absolute Gasteiger partial charge is 0.387 e. The standard InChI is InChI=1S/C12H26N2S/c1-10(2)6-9-15-8-5-7-12(3,4)11(13)14/h10H,5-9H2,1-4H3,(H3,13,14). The lowest BCUT2D eigenvalue weighted by Gasteiger charge is -2.22. The average molecular weight is 230 g/mol. The van der Waals surface area contributed by atoms with Crippen molar-refractivity contribution in [1.82, 2.24) is 0 Å². The van der Waals surface area contributed by atoms with Crippen LogP contribution in [-0.2, 0) is 0 Å². The third-order valence-corrected chi connectivity index (χ3v) is 3.76. The zero-order chi connectivity index (χ0) is 11.9. The van der Waals surface area contributed by atoms with Crippen molar-refractivity contribution < 1.29 is 0 Å². The van der Waals surface area contributed by atoms with E-state index < -0.39 is 0 Å². The summed E-state index contributed by atoms with van der Waals surface area (Å²) in [5, 5.41) is 7.44. The lowest BCUT2D eigenvalue weighted by atomic mass is 9.87. The zero-order valence-corrected chi connectivity index (χ0v) is 11.4. The van der Waals surface area contributed by atoms with Crippen LogP contribution < -0.4 is 5.73 Å². The van der Waals surface area contributed by atoms with Crippen LogP contribution in [0.3, 0.4) is 0 Å². The van der Waals surface area contributed by atoms with Crippen molar-refractivity contribution in [3.05, 3.63) is 0 Å². The highest BCUT2D eigenvalue weighted by atomic mass is 32.2. The first-order valence-electron chi connectivity index (χ1n) is 5.78. The van der Waals surface area contributed by atoms with E-state index in [4.69, 9.17) is 11.1 Å². The maximum atomic E-state index is 7.44. The fourth-order valence-electron chi connectivity index (χ4n) is 1.17. The first-order valence-corrected chi connectivity index (χ1v) is 6.94. The predicted octanol–water partition coefficient (Wildman–Crippen LogP) is 3.51. The van der Waals surface area contributed by atoms with E-state index in [9.17, 15) is 0 Å². The SMILES string of the molecule is CC(C)CCSCCCC(C)(C)C(=N)N. The van der Waals surface area contributed by atoms with Crippen LogP contribution in [0.15, 0.2) is 0 Å². The van der Waals surface area contributed by atoms with Crippen LogP contribution in [0.2, 0.25) is 0 Å². The number of hydrogen-bond acceptors (Lipinski definition) is 2. The molecule has 0 aliphatic heterocycles. The molecule has 3 heteroatoms. The van der Waals surface area contributed by atoms with E-state index in [-0.39, 0.29) is 5.41 Å². The number of hydrogen-bond donors (Lipinski definition) is 2. The molecule has 90 valence electrons. The Balaban J connectivity index is 3.43. The van der Waals surface area contributed by atoms with E-state index in [1.165, 1.54) is 17.9 Å². The van der Waals surface area contributed by atoms with E-state index in [2.05, 4.69) is 13.8 Å². The van der Waals surface area contributed by atoms with E-state index in [0.717, 1.165) is 18.8 Å². The predicted molar refractivity (Wildman–Crippen MR) is 71.7 cm³/mol. The minimum Gasteiger partial charge on any atom is -0.387 e. The molecule has 0 fully saturated rings. The van der Waals surface area contributed by atoms with Gasteiger partial charge in [-0.05, 0) is 36.7 Å². The molecule has 2 nitrogen and oxygen atoms in total. The van der Waals surface area contributed by atoms with Gasteiger partial charge in [0, 0.05) is 5.41 Å². The maximum absolute atomic E-state index is 7.44. The topological polar surface area (TPSA) is 49.9 Å². The highest BCUT2D eigenvalue weighted by Gasteiger charge is 2.20. The third kappa shape index (κ3) is 7.71. The van der Waals surface area contributed by atoms with Crippen molar-refractivity contribution in [2.45, 2.75) is 47.0 Å². The van der Waals surface area contributed by atoms with Crippen molar-refractivity contribution in [2.75, 3.05) is 11.5 Å². The molecule has 0 rings (SSSR count). The van der Waals surface area contributed by atoms with Gasteiger partial charge in [-0.2, -0.15) is 11.8 Å². The molecule has 0 aromatic heterocycles. The fourth-order valence-corrected chi connectivity index (χ4v) is 2.36. The van der Waals surface area contributed by atoms with Crippen molar-refractivity contribution in [2.24, 2.45) is 17.1 Å². The van der Waals surface area contributed by atoms with Crippen LogP contribution in [0.25, 0.3) is 0 Å². The van der Waals surface area contributed by atoms with Gasteiger partial charge in [0.25, 0.3) is 0 Å². The Morgan fingerprint density at radius 2 is 1.93 bits per heavy atom. The van der Waals surface area contributed by atoms with Crippen molar-refractivity contribution >= 4 is 17.6 Å². The molecular weight excluding hydrogens is 204 g/mol. The quantitative estimate of drug-likeness (QED) is 0.381. The smallest absolute Gasteiger partial charge is 0.0963 e. The van der Waals surface area contributed by atoms with E-state index in [1.807, 2.05) is 25.6 Å². The van der Waals surface area contributed by atoms with Gasteiger partial charge >= 0.3 is 0 Å². The Kier molecular flexibility index (Phi) is 7.07. The van der Waals surface area contributed by atoms with E-state index in [1.54, 1.807) is 0 Å². The van der Waals surface area contributed by atoms with Crippen molar-refractivity contribution in [3.63, 3.8) is 0 Å². The molecule has 0 radical (unpaired) electrons. The molecule has 0 aliphatic carbocycles. The molecule has 0 atom stereocenters. The molecule has 3 N–H and O–H groups in total. The Labute approximate surface area is 98.9 Å². The van der Waals surface area contributed by atoms with Gasteiger partial charge in [-0.3, -0.25) is 5.41 Å². The molecule has 0 bridgehead atoms. The molecule has 0 aromatic rings. The molecule has 0 amide bonds. The van der Waals surface area contributed by atoms with Gasteiger partial charge < -0.3 is 5.73 Å². The van der Waals surface area contributed by atoms with Gasteiger partial charge in [-0.25, -0.2) is 0 Å². The first kappa shape index (κ1) is 14.8. The fraction of sp³-hybridized carbons (Fsp3) is 0.917. The second-order valence-electron chi connectivity index (χ2n) is 5.20. The van der Waals surface area contributed by atoms with Crippen LogP contribution in [0.4, 0.5) is 0 Å². The molecule has 0 saturated carbocycles. The zero-order valence-electron chi connectivity index (χ0n) is 10.6. The molecule has 0 saturated heterocycles. The number of rotatable bonds is 8. The van der Waals surface area contributed by atoms with E-state index >= 15 is 0 Å². The lowest BCUT2D eigenvalue weighted by molar-refractivity contribution is 0.464. The van der Waals surface area contributed by atoms with Crippen LogP contribution in [-0.4, -0.2) is 17.3 Å². The van der Waals surface area contributed by atoms with Crippen LogP contribution >= 0.6 is 11.8 Å². The van der Waals surface area contributed by atoms with Crippen LogP contribution in [0.5, 0.6) is 0 Å². The number of nitrogens with one attached hydrogen (secondary N) is 1. The van der Waals surface area contributed by atoms with Crippen molar-refractivity contribution in [1.29, 1.82) is 5.41 Å². The lowest BCUT2D eigenvalue weighted by Crippen LogP contribution is -2.30. The normalized spacial score (nSPS) is 12.1. The summed E-state index contributed by atoms with van der Waals surface area (Å²) in [7, 11) is 0. The van der Waals surface area contributed by atoms with Crippen molar-refractivity contribution in [3.8, 4) is 0 Å². The van der Waals surface area contributed by atoms with Gasteiger partial charge in [0.2, 0.25) is 0 Å². The molecule has 15 heavy (non-hydrogen) atoms. The van der Waals surface area contributed by atoms with Gasteiger partial charge in [0.1, 0.15) is 0 Å². The minimum absolute atomic E-state index is 0.112. The monoisotopic (exact) mass is 230 g/mol. The summed E-state index contributed by atoms with van der Waals surface area (Å²) < 4.78 is 0. The van der Waals surface area contributed by atoms with Gasteiger partial charge in [0.05, 0.1) is 5.84 Å². The summed E-state index contributed by atoms with van der Waals surface area (Å²) in [6.45, 7) is 8.63. The van der Waals surface area contributed by atoms with Crippen LogP contribution in [0.1, 0.15) is 47.0 Å². The Morgan fingerprint density at radius 1 is 1.33 bits per heavy atom. The molecular formula is C12H26N2S. The second-order valence-corrected chi connectivity index (χ2v) is 6.42. The first-order chi connectivity index (χ1) is 6.86. The minimum atomic E-state index is -0.112. The van der Waals surface area contributed by atoms with Gasteiger partial charge in [0.15, 0.2) is 0 Å². The molecule has 0 heterocycles. The Morgan fingerprint density at radius 3 is 2.40 bits per heavy atom. The van der Waals surface area contributed by atoms with Gasteiger partial charge in [-0.1, -0.05) is 27.7 Å². The number of nitrogens with two attached hydrogens (primary N) is 1. The average Bonchev–Trinajstić information content (AvgIpc) is 2.10. The highest BCUT2D eigenvalue weighted by Crippen LogP contribution is 2.23. The summed E-state index contributed by atoms with van der Waals surface area (Å²) in [6, 6.07) is 0. The number of amidine groups is 1. The summed E-state index contributed by atoms with van der Waals surface area (Å²) in [6.07, 6.45) is 3.49. The Hall–Kier alpha value is -0.180. The third-order valence-electron chi connectivity index (χ3n) is 2.66. The molecule has 0 aromatic carbocycles. The van der Waals surface area contributed by atoms with Crippen LogP contribution in [0, 0.1) is 16.7 Å². The summed E-state index contributed by atoms with van der Waals surface area (Å²) >= 11 is 2.02. The second kappa shape index (κ2) is 7.15. The summed E-state index contributed by atoms with van der Waals surface area (Å²) in [5.74, 6) is 3.59. The molecule has 0 unspecified atom stereocenters.